The van der Waals surface area contributed by atoms with Crippen LogP contribution in [0.3, 0.4) is 0 Å². The molecule has 3 amide bonds. The summed E-state index contributed by atoms with van der Waals surface area (Å²) in [5.74, 6) is -0.319. The minimum Gasteiger partial charge on any atom is -0.496 e. The first kappa shape index (κ1) is 29.5. The van der Waals surface area contributed by atoms with Crippen molar-refractivity contribution in [3.05, 3.63) is 124 Å². The Morgan fingerprint density at radius 3 is 2.24 bits per heavy atom. The Morgan fingerprint density at radius 1 is 0.854 bits per heavy atom. The van der Waals surface area contributed by atoms with E-state index in [0.717, 1.165) is 10.5 Å². The third kappa shape index (κ3) is 8.48. The number of carbonyl (C=O) groups is 3. The molecular formula is C32H28ClN3O4S. The van der Waals surface area contributed by atoms with Gasteiger partial charge in [-0.1, -0.05) is 54.1 Å². The van der Waals surface area contributed by atoms with Crippen LogP contribution >= 0.6 is 23.4 Å². The Hall–Kier alpha value is -4.53. The average Bonchev–Trinajstić information content (AvgIpc) is 2.99. The summed E-state index contributed by atoms with van der Waals surface area (Å²) in [5.41, 5.74) is 3.20. The van der Waals surface area contributed by atoms with E-state index in [0.29, 0.717) is 33.3 Å². The fraction of sp³-hybridized carbons (Fsp3) is 0.0938. The van der Waals surface area contributed by atoms with Gasteiger partial charge in [0, 0.05) is 32.4 Å². The van der Waals surface area contributed by atoms with Gasteiger partial charge in [-0.15, -0.1) is 11.8 Å². The number of rotatable bonds is 10. The van der Waals surface area contributed by atoms with Gasteiger partial charge in [0.1, 0.15) is 11.4 Å². The zero-order valence-corrected chi connectivity index (χ0v) is 24.0. The van der Waals surface area contributed by atoms with Crippen LogP contribution in [-0.4, -0.2) is 30.6 Å². The Bertz CT molecular complexity index is 1570. The van der Waals surface area contributed by atoms with Gasteiger partial charge in [0.25, 0.3) is 11.8 Å². The molecule has 0 spiro atoms. The van der Waals surface area contributed by atoms with Gasteiger partial charge in [-0.2, -0.15) is 0 Å². The number of para-hydroxylation sites is 1. The van der Waals surface area contributed by atoms with Crippen LogP contribution in [0.25, 0.3) is 6.08 Å². The van der Waals surface area contributed by atoms with E-state index in [1.54, 1.807) is 66.7 Å². The van der Waals surface area contributed by atoms with E-state index in [1.165, 1.54) is 18.9 Å². The second kappa shape index (κ2) is 14.2. The number of thioether (sulfide) groups is 1. The van der Waals surface area contributed by atoms with E-state index in [2.05, 4.69) is 16.0 Å². The molecule has 0 heterocycles. The molecule has 9 heteroatoms. The van der Waals surface area contributed by atoms with Gasteiger partial charge in [-0.25, -0.2) is 0 Å². The topological polar surface area (TPSA) is 96.5 Å². The summed E-state index contributed by atoms with van der Waals surface area (Å²) in [4.78, 5) is 39.4. The standard InChI is InChI=1S/C32H28ClN3O4S/c1-21-12-13-25(19-27(21)33)34-30(37)20-41-26-16-14-24(15-17-26)35-32(39)28(18-23-10-6-7-11-29(23)40-2)36-31(38)22-8-4-3-5-9-22/h3-19H,20H2,1-2H3,(H,34,37)(H,35,39)(H,36,38)/b28-18-. The predicted octanol–water partition coefficient (Wildman–Crippen LogP) is 6.80. The molecule has 7 nitrogen and oxygen atoms in total. The number of amides is 3. The largest absolute Gasteiger partial charge is 0.496 e. The van der Waals surface area contributed by atoms with E-state index in [4.69, 9.17) is 16.3 Å². The minimum atomic E-state index is -0.503. The zero-order valence-electron chi connectivity index (χ0n) is 22.4. The van der Waals surface area contributed by atoms with Gasteiger partial charge in [-0.05, 0) is 73.2 Å². The van der Waals surface area contributed by atoms with Gasteiger partial charge < -0.3 is 20.7 Å². The third-order valence-electron chi connectivity index (χ3n) is 5.91. The van der Waals surface area contributed by atoms with Crippen molar-refractivity contribution in [3.63, 3.8) is 0 Å². The maximum absolute atomic E-state index is 13.3. The number of ether oxygens (including phenoxy) is 1. The van der Waals surface area contributed by atoms with E-state index in [9.17, 15) is 14.4 Å². The SMILES string of the molecule is COc1ccccc1/C=C(\NC(=O)c1ccccc1)C(=O)Nc1ccc(SCC(=O)Nc2ccc(C)c(Cl)c2)cc1. The molecule has 0 fully saturated rings. The molecule has 0 radical (unpaired) electrons. The van der Waals surface area contributed by atoms with E-state index < -0.39 is 11.8 Å². The fourth-order valence-electron chi connectivity index (χ4n) is 3.73. The average molecular weight is 586 g/mol. The van der Waals surface area contributed by atoms with Crippen molar-refractivity contribution in [2.75, 3.05) is 23.5 Å². The maximum atomic E-state index is 13.3. The first-order chi connectivity index (χ1) is 19.8. The molecule has 208 valence electrons. The molecule has 4 aromatic rings. The predicted molar refractivity (Wildman–Crippen MR) is 165 cm³/mol. The summed E-state index contributed by atoms with van der Waals surface area (Å²) in [7, 11) is 1.54. The van der Waals surface area contributed by atoms with Crippen LogP contribution in [0.15, 0.2) is 108 Å². The molecule has 0 aromatic heterocycles. The summed E-state index contributed by atoms with van der Waals surface area (Å²) >= 11 is 7.49. The number of nitrogens with one attached hydrogen (secondary N) is 3. The van der Waals surface area contributed by atoms with Crippen LogP contribution in [0.4, 0.5) is 11.4 Å². The number of carbonyl (C=O) groups excluding carboxylic acids is 3. The van der Waals surface area contributed by atoms with Crippen LogP contribution in [0.2, 0.25) is 5.02 Å². The minimum absolute atomic E-state index is 0.0506. The van der Waals surface area contributed by atoms with Crippen molar-refractivity contribution in [1.29, 1.82) is 0 Å². The summed E-state index contributed by atoms with van der Waals surface area (Å²) in [6.07, 6.45) is 1.57. The van der Waals surface area contributed by atoms with Crippen LogP contribution in [-0.2, 0) is 9.59 Å². The summed E-state index contributed by atoms with van der Waals surface area (Å²) in [6.45, 7) is 1.90. The lowest BCUT2D eigenvalue weighted by atomic mass is 10.1. The summed E-state index contributed by atoms with van der Waals surface area (Å²) in [6, 6.07) is 28.3. The number of halogens is 1. The molecule has 0 atom stereocenters. The van der Waals surface area contributed by atoms with Crippen LogP contribution in [0, 0.1) is 6.92 Å². The molecule has 0 bridgehead atoms. The second-order valence-electron chi connectivity index (χ2n) is 8.90. The highest BCUT2D eigenvalue weighted by Crippen LogP contribution is 2.24. The van der Waals surface area contributed by atoms with E-state index in [-0.39, 0.29) is 17.4 Å². The second-order valence-corrected chi connectivity index (χ2v) is 10.4. The molecule has 4 rings (SSSR count). The highest BCUT2D eigenvalue weighted by Gasteiger charge is 2.16. The number of hydrogen-bond acceptors (Lipinski definition) is 5. The molecule has 0 saturated carbocycles. The molecule has 3 N–H and O–H groups in total. The van der Waals surface area contributed by atoms with Gasteiger partial charge >= 0.3 is 0 Å². The number of hydrogen-bond donors (Lipinski definition) is 3. The van der Waals surface area contributed by atoms with Crippen molar-refractivity contribution < 1.29 is 19.1 Å². The summed E-state index contributed by atoms with van der Waals surface area (Å²) in [5, 5.41) is 8.97. The molecule has 0 saturated heterocycles. The monoisotopic (exact) mass is 585 g/mol. The molecule has 0 aliphatic heterocycles. The lowest BCUT2D eigenvalue weighted by Crippen LogP contribution is -2.30. The van der Waals surface area contributed by atoms with Crippen LogP contribution < -0.4 is 20.7 Å². The van der Waals surface area contributed by atoms with Crippen LogP contribution in [0.5, 0.6) is 5.75 Å². The first-order valence-electron chi connectivity index (χ1n) is 12.6. The van der Waals surface area contributed by atoms with E-state index in [1.807, 2.05) is 43.3 Å². The molecule has 0 unspecified atom stereocenters. The van der Waals surface area contributed by atoms with Gasteiger partial charge in [0.05, 0.1) is 12.9 Å². The first-order valence-corrected chi connectivity index (χ1v) is 14.0. The molecule has 0 aliphatic carbocycles. The Morgan fingerprint density at radius 2 is 1.54 bits per heavy atom. The Kier molecular flexibility index (Phi) is 10.2. The Balaban J connectivity index is 1.42. The molecule has 4 aromatic carbocycles. The smallest absolute Gasteiger partial charge is 0.272 e. The lowest BCUT2D eigenvalue weighted by Gasteiger charge is -2.13. The maximum Gasteiger partial charge on any atom is 0.272 e. The quantitative estimate of drug-likeness (QED) is 0.140. The zero-order chi connectivity index (χ0) is 29.2. The Labute approximate surface area is 248 Å². The van der Waals surface area contributed by atoms with Crippen LogP contribution in [0.1, 0.15) is 21.5 Å². The van der Waals surface area contributed by atoms with Gasteiger partial charge in [0.15, 0.2) is 0 Å². The molecule has 41 heavy (non-hydrogen) atoms. The highest BCUT2D eigenvalue weighted by molar-refractivity contribution is 8.00. The van der Waals surface area contributed by atoms with Crippen molar-refractivity contribution in [2.24, 2.45) is 0 Å². The van der Waals surface area contributed by atoms with Crippen molar-refractivity contribution in [1.82, 2.24) is 5.32 Å². The number of anilines is 2. The van der Waals surface area contributed by atoms with Gasteiger partial charge in [-0.3, -0.25) is 14.4 Å². The van der Waals surface area contributed by atoms with Crippen molar-refractivity contribution >= 4 is 58.5 Å². The van der Waals surface area contributed by atoms with E-state index >= 15 is 0 Å². The highest BCUT2D eigenvalue weighted by atomic mass is 35.5. The molecule has 0 aliphatic rings. The van der Waals surface area contributed by atoms with Gasteiger partial charge in [0.2, 0.25) is 5.91 Å². The number of aryl methyl sites for hydroxylation is 1. The molecular weight excluding hydrogens is 558 g/mol. The van der Waals surface area contributed by atoms with Crippen molar-refractivity contribution in [3.8, 4) is 5.75 Å². The number of benzene rings is 4. The summed E-state index contributed by atoms with van der Waals surface area (Å²) < 4.78 is 5.40. The normalized spacial score (nSPS) is 11.0. The number of methoxy groups -OCH3 is 1. The fourth-order valence-corrected chi connectivity index (χ4v) is 4.61. The third-order valence-corrected chi connectivity index (χ3v) is 7.32. The lowest BCUT2D eigenvalue weighted by molar-refractivity contribution is -0.114. The van der Waals surface area contributed by atoms with Crippen molar-refractivity contribution in [2.45, 2.75) is 11.8 Å².